The van der Waals surface area contributed by atoms with Crippen molar-refractivity contribution in [3.8, 4) is 22.9 Å². The molecule has 0 aliphatic heterocycles. The molecule has 1 heterocycles. The minimum absolute atomic E-state index is 0.650. The molecule has 0 bridgehead atoms. The van der Waals surface area contributed by atoms with Gasteiger partial charge in [-0.15, -0.1) is 0 Å². The number of unbranched alkanes of at least 4 members (excludes halogenated alkanes) is 5. The van der Waals surface area contributed by atoms with E-state index in [1.165, 1.54) is 19.3 Å². The molecule has 1 aromatic heterocycles. The van der Waals surface area contributed by atoms with Crippen LogP contribution in [-0.2, 0) is 9.47 Å². The van der Waals surface area contributed by atoms with Gasteiger partial charge in [-0.25, -0.2) is 9.97 Å². The first-order valence-corrected chi connectivity index (χ1v) is 12.7. The lowest BCUT2D eigenvalue weighted by Crippen LogP contribution is -2.02. The lowest BCUT2D eigenvalue weighted by molar-refractivity contribution is 0.126. The van der Waals surface area contributed by atoms with Crippen LogP contribution in [0.15, 0.2) is 36.7 Å². The molecular formula is C27H42N2O4. The van der Waals surface area contributed by atoms with E-state index >= 15 is 0 Å². The number of ether oxygens (including phenoxy) is 4. The third kappa shape index (κ3) is 12.6. The molecule has 2 aromatic rings. The second kappa shape index (κ2) is 18.3. The first-order valence-electron chi connectivity index (χ1n) is 12.7. The molecule has 0 atom stereocenters. The Labute approximate surface area is 200 Å². The number of rotatable bonds is 20. The molecule has 0 aliphatic carbocycles. The van der Waals surface area contributed by atoms with Crippen molar-refractivity contribution in [3.05, 3.63) is 36.7 Å². The first-order chi connectivity index (χ1) is 16.3. The maximum Gasteiger partial charge on any atom is 0.159 e. The van der Waals surface area contributed by atoms with Crippen LogP contribution in [0.5, 0.6) is 11.5 Å². The molecule has 0 unspecified atom stereocenters. The molecule has 0 N–H and O–H groups in total. The summed E-state index contributed by atoms with van der Waals surface area (Å²) in [7, 11) is 0. The average molecular weight is 459 g/mol. The summed E-state index contributed by atoms with van der Waals surface area (Å²) in [5, 5.41) is 0. The van der Waals surface area contributed by atoms with E-state index in [1.54, 1.807) is 12.4 Å². The topological polar surface area (TPSA) is 62.7 Å². The van der Waals surface area contributed by atoms with Crippen LogP contribution in [0.1, 0.15) is 71.6 Å². The Kier molecular flexibility index (Phi) is 15.0. The summed E-state index contributed by atoms with van der Waals surface area (Å²) >= 11 is 0. The van der Waals surface area contributed by atoms with Crippen molar-refractivity contribution in [3.63, 3.8) is 0 Å². The molecule has 6 nitrogen and oxygen atoms in total. The summed E-state index contributed by atoms with van der Waals surface area (Å²) in [5.41, 5.74) is 0.963. The summed E-state index contributed by atoms with van der Waals surface area (Å²) in [6.45, 7) is 9.09. The van der Waals surface area contributed by atoms with Crippen molar-refractivity contribution in [2.24, 2.45) is 0 Å². The molecule has 0 spiro atoms. The third-order valence-corrected chi connectivity index (χ3v) is 5.13. The van der Waals surface area contributed by atoms with Crippen LogP contribution in [-0.4, -0.2) is 49.6 Å². The standard InChI is InChI=1S/C27H42N2O4/c1-3-5-17-31-18-8-6-7-9-20-32-25-14-12-24(13-15-25)27-28-22-26(23-29-27)33-21-11-10-19-30-16-4-2/h12-15,22-23H,3-11,16-21H2,1-2H3. The van der Waals surface area contributed by atoms with Gasteiger partial charge in [-0.1, -0.05) is 26.7 Å². The van der Waals surface area contributed by atoms with Crippen LogP contribution in [0.3, 0.4) is 0 Å². The number of hydrogen-bond donors (Lipinski definition) is 0. The van der Waals surface area contributed by atoms with Crippen molar-refractivity contribution >= 4 is 0 Å². The lowest BCUT2D eigenvalue weighted by Gasteiger charge is -2.08. The summed E-state index contributed by atoms with van der Waals surface area (Å²) < 4.78 is 22.6. The number of benzene rings is 1. The molecule has 0 amide bonds. The highest BCUT2D eigenvalue weighted by Gasteiger charge is 2.03. The van der Waals surface area contributed by atoms with Gasteiger partial charge in [0.1, 0.15) is 5.75 Å². The Morgan fingerprint density at radius 3 is 1.76 bits per heavy atom. The molecule has 184 valence electrons. The van der Waals surface area contributed by atoms with Crippen LogP contribution < -0.4 is 9.47 Å². The zero-order valence-corrected chi connectivity index (χ0v) is 20.6. The van der Waals surface area contributed by atoms with Gasteiger partial charge in [0.25, 0.3) is 0 Å². The maximum absolute atomic E-state index is 5.86. The number of hydrogen-bond acceptors (Lipinski definition) is 6. The Balaban J connectivity index is 1.58. The second-order valence-electron chi connectivity index (χ2n) is 8.16. The van der Waals surface area contributed by atoms with E-state index in [1.807, 2.05) is 24.3 Å². The highest BCUT2D eigenvalue weighted by molar-refractivity contribution is 5.56. The van der Waals surface area contributed by atoms with E-state index in [0.717, 1.165) is 82.9 Å². The van der Waals surface area contributed by atoms with Gasteiger partial charge in [0.15, 0.2) is 11.6 Å². The average Bonchev–Trinajstić information content (AvgIpc) is 2.85. The SMILES string of the molecule is CCCCOCCCCCCOc1ccc(-c2ncc(OCCCCOCCC)cn2)cc1. The van der Waals surface area contributed by atoms with Crippen molar-refractivity contribution < 1.29 is 18.9 Å². The molecule has 1 aromatic carbocycles. The monoisotopic (exact) mass is 458 g/mol. The Morgan fingerprint density at radius 1 is 0.545 bits per heavy atom. The minimum Gasteiger partial charge on any atom is -0.494 e. The largest absolute Gasteiger partial charge is 0.494 e. The Bertz CT molecular complexity index is 707. The van der Waals surface area contributed by atoms with Crippen LogP contribution in [0.2, 0.25) is 0 Å². The fourth-order valence-corrected chi connectivity index (χ4v) is 3.18. The zero-order valence-electron chi connectivity index (χ0n) is 20.6. The predicted octanol–water partition coefficient (Wildman–Crippen LogP) is 6.49. The first kappa shape index (κ1) is 27.1. The fraction of sp³-hybridized carbons (Fsp3) is 0.630. The maximum atomic E-state index is 5.86. The molecule has 0 saturated heterocycles. The lowest BCUT2D eigenvalue weighted by atomic mass is 10.2. The van der Waals surface area contributed by atoms with Crippen molar-refractivity contribution in [1.29, 1.82) is 0 Å². The highest BCUT2D eigenvalue weighted by Crippen LogP contribution is 2.20. The normalized spacial score (nSPS) is 11.0. The second-order valence-corrected chi connectivity index (χ2v) is 8.16. The van der Waals surface area contributed by atoms with Crippen LogP contribution >= 0.6 is 0 Å². The van der Waals surface area contributed by atoms with Gasteiger partial charge >= 0.3 is 0 Å². The van der Waals surface area contributed by atoms with E-state index in [9.17, 15) is 0 Å². The molecule has 33 heavy (non-hydrogen) atoms. The minimum atomic E-state index is 0.650. The van der Waals surface area contributed by atoms with Gasteiger partial charge in [0.2, 0.25) is 0 Å². The van der Waals surface area contributed by atoms with Gasteiger partial charge < -0.3 is 18.9 Å². The summed E-state index contributed by atoms with van der Waals surface area (Å²) in [6, 6.07) is 7.95. The summed E-state index contributed by atoms with van der Waals surface area (Å²) in [4.78, 5) is 8.87. The van der Waals surface area contributed by atoms with Crippen LogP contribution in [0, 0.1) is 0 Å². The van der Waals surface area contributed by atoms with E-state index in [4.69, 9.17) is 18.9 Å². The van der Waals surface area contributed by atoms with Gasteiger partial charge in [-0.2, -0.15) is 0 Å². The van der Waals surface area contributed by atoms with E-state index in [2.05, 4.69) is 23.8 Å². The van der Waals surface area contributed by atoms with Crippen molar-refractivity contribution in [2.75, 3.05) is 39.6 Å². The van der Waals surface area contributed by atoms with Crippen LogP contribution in [0.4, 0.5) is 0 Å². The van der Waals surface area contributed by atoms with Gasteiger partial charge in [0, 0.05) is 32.0 Å². The van der Waals surface area contributed by atoms with E-state index < -0.39 is 0 Å². The van der Waals surface area contributed by atoms with Crippen molar-refractivity contribution in [1.82, 2.24) is 9.97 Å². The quantitative estimate of drug-likeness (QED) is 0.211. The smallest absolute Gasteiger partial charge is 0.159 e. The molecule has 2 rings (SSSR count). The molecule has 0 aliphatic rings. The number of aromatic nitrogens is 2. The molecular weight excluding hydrogens is 416 g/mol. The summed E-state index contributed by atoms with van der Waals surface area (Å²) in [6.07, 6.45) is 13.4. The summed E-state index contributed by atoms with van der Waals surface area (Å²) in [5.74, 6) is 2.26. The van der Waals surface area contributed by atoms with Gasteiger partial charge in [-0.3, -0.25) is 0 Å². The van der Waals surface area contributed by atoms with Crippen molar-refractivity contribution in [2.45, 2.75) is 71.6 Å². The van der Waals surface area contributed by atoms with E-state index in [-0.39, 0.29) is 0 Å². The van der Waals surface area contributed by atoms with Crippen LogP contribution in [0.25, 0.3) is 11.4 Å². The molecule has 0 fully saturated rings. The van der Waals surface area contributed by atoms with Gasteiger partial charge in [-0.05, 0) is 69.2 Å². The molecule has 6 heteroatoms. The fourth-order valence-electron chi connectivity index (χ4n) is 3.18. The molecule has 0 saturated carbocycles. The Morgan fingerprint density at radius 2 is 1.09 bits per heavy atom. The zero-order chi connectivity index (χ0) is 23.4. The third-order valence-electron chi connectivity index (χ3n) is 5.13. The Hall–Kier alpha value is -2.18. The molecule has 0 radical (unpaired) electrons. The van der Waals surface area contributed by atoms with Gasteiger partial charge in [0.05, 0.1) is 25.6 Å². The predicted molar refractivity (Wildman–Crippen MR) is 133 cm³/mol. The number of nitrogens with zero attached hydrogens (tertiary/aromatic N) is 2. The highest BCUT2D eigenvalue weighted by atomic mass is 16.5. The van der Waals surface area contributed by atoms with E-state index in [0.29, 0.717) is 18.2 Å².